The molecule has 28 heavy (non-hydrogen) atoms. The van der Waals surface area contributed by atoms with Gasteiger partial charge in [-0.1, -0.05) is 36.4 Å². The van der Waals surface area contributed by atoms with Crippen LogP contribution in [0.3, 0.4) is 0 Å². The van der Waals surface area contributed by atoms with E-state index in [-0.39, 0.29) is 0 Å². The summed E-state index contributed by atoms with van der Waals surface area (Å²) in [5.41, 5.74) is 3.01. The lowest BCUT2D eigenvalue weighted by molar-refractivity contribution is -0.0796. The van der Waals surface area contributed by atoms with Gasteiger partial charge in [-0.25, -0.2) is 0 Å². The number of rotatable bonds is 4. The quantitative estimate of drug-likeness (QED) is 0.426. The molecule has 2 aromatic carbocycles. The SMILES string of the molecule is OC1(Cc2c[nH]c3ccccc23)CCC(O)(Cc2c[nH]c3ccccc23)CC1. The Hall–Kier alpha value is -2.56. The molecule has 0 spiro atoms. The van der Waals surface area contributed by atoms with E-state index >= 15 is 0 Å². The first-order chi connectivity index (χ1) is 13.5. The molecule has 1 fully saturated rings. The summed E-state index contributed by atoms with van der Waals surface area (Å²) in [4.78, 5) is 6.59. The Labute approximate surface area is 164 Å². The standard InChI is InChI=1S/C24H26N2O2/c27-23(13-17-15-25-21-7-3-1-5-19(17)21)9-11-24(28,12-10-23)14-18-16-26-22-8-4-2-6-20(18)22/h1-8,15-16,25-28H,9-14H2. The fraction of sp³-hybridized carbons (Fsp3) is 0.333. The summed E-state index contributed by atoms with van der Waals surface area (Å²) in [5, 5.41) is 24.8. The van der Waals surface area contributed by atoms with Gasteiger partial charge < -0.3 is 20.2 Å². The molecule has 4 N–H and O–H groups in total. The summed E-state index contributed by atoms with van der Waals surface area (Å²) in [7, 11) is 0. The number of fused-ring (bicyclic) bond motifs is 2. The highest BCUT2D eigenvalue weighted by Crippen LogP contribution is 2.40. The Balaban J connectivity index is 1.31. The number of aliphatic hydroxyl groups is 2. The van der Waals surface area contributed by atoms with Crippen molar-refractivity contribution in [1.29, 1.82) is 0 Å². The largest absolute Gasteiger partial charge is 0.390 e. The first kappa shape index (κ1) is 17.5. The molecule has 4 nitrogen and oxygen atoms in total. The van der Waals surface area contributed by atoms with Crippen molar-refractivity contribution in [3.63, 3.8) is 0 Å². The monoisotopic (exact) mass is 374 g/mol. The van der Waals surface area contributed by atoms with Crippen LogP contribution in [0.2, 0.25) is 0 Å². The van der Waals surface area contributed by atoms with Crippen molar-refractivity contribution in [2.45, 2.75) is 49.7 Å². The normalized spacial score (nSPS) is 25.5. The maximum absolute atomic E-state index is 11.2. The Kier molecular flexibility index (Phi) is 4.07. The minimum absolute atomic E-state index is 0.616. The number of aromatic nitrogens is 2. The summed E-state index contributed by atoms with van der Waals surface area (Å²) in [6.45, 7) is 0. The maximum atomic E-state index is 11.2. The topological polar surface area (TPSA) is 72.0 Å². The molecule has 0 unspecified atom stereocenters. The third-order valence-electron chi connectivity index (χ3n) is 6.50. The van der Waals surface area contributed by atoms with E-state index in [0.717, 1.165) is 22.2 Å². The third kappa shape index (κ3) is 3.13. The van der Waals surface area contributed by atoms with Crippen molar-refractivity contribution >= 4 is 21.8 Å². The maximum Gasteiger partial charge on any atom is 0.0690 e. The zero-order valence-electron chi connectivity index (χ0n) is 15.9. The summed E-state index contributed by atoms with van der Waals surface area (Å²) in [6, 6.07) is 16.4. The molecule has 0 bridgehead atoms. The summed E-state index contributed by atoms with van der Waals surface area (Å²) in [6.07, 6.45) is 7.73. The predicted octanol–water partition coefficient (Wildman–Crippen LogP) is 4.47. The fourth-order valence-electron chi connectivity index (χ4n) is 4.80. The second-order valence-corrected chi connectivity index (χ2v) is 8.52. The van der Waals surface area contributed by atoms with Gasteiger partial charge in [0, 0.05) is 47.0 Å². The number of aromatic amines is 2. The van der Waals surface area contributed by atoms with E-state index in [1.54, 1.807) is 0 Å². The third-order valence-corrected chi connectivity index (χ3v) is 6.50. The van der Waals surface area contributed by atoms with Gasteiger partial charge in [0.1, 0.15) is 0 Å². The zero-order valence-corrected chi connectivity index (χ0v) is 15.9. The first-order valence-corrected chi connectivity index (χ1v) is 10.1. The molecule has 1 aliphatic rings. The Morgan fingerprint density at radius 1 is 0.643 bits per heavy atom. The van der Waals surface area contributed by atoms with Crippen LogP contribution in [0, 0.1) is 0 Å². The van der Waals surface area contributed by atoms with Crippen LogP contribution in [0.4, 0.5) is 0 Å². The molecule has 1 aliphatic carbocycles. The van der Waals surface area contributed by atoms with Crippen LogP contribution in [0.1, 0.15) is 36.8 Å². The van der Waals surface area contributed by atoms with Gasteiger partial charge in [-0.2, -0.15) is 0 Å². The molecule has 0 aliphatic heterocycles. The molecule has 5 rings (SSSR count). The summed E-state index contributed by atoms with van der Waals surface area (Å²) in [5.74, 6) is 0. The molecule has 144 valence electrons. The number of hydrogen-bond donors (Lipinski definition) is 4. The number of nitrogens with one attached hydrogen (secondary N) is 2. The van der Waals surface area contributed by atoms with Gasteiger partial charge in [0.25, 0.3) is 0 Å². The molecule has 2 aromatic heterocycles. The lowest BCUT2D eigenvalue weighted by Gasteiger charge is -2.41. The molecular weight excluding hydrogens is 348 g/mol. The van der Waals surface area contributed by atoms with Gasteiger partial charge >= 0.3 is 0 Å². The van der Waals surface area contributed by atoms with Gasteiger partial charge in [0.2, 0.25) is 0 Å². The zero-order chi connectivity index (χ0) is 19.2. The van der Waals surface area contributed by atoms with Crippen LogP contribution >= 0.6 is 0 Å². The Bertz CT molecular complexity index is 1030. The van der Waals surface area contributed by atoms with Crippen LogP contribution in [0.15, 0.2) is 60.9 Å². The molecular formula is C24H26N2O2. The van der Waals surface area contributed by atoms with Gasteiger partial charge in [-0.15, -0.1) is 0 Å². The Morgan fingerprint density at radius 2 is 1.04 bits per heavy atom. The lowest BCUT2D eigenvalue weighted by Crippen LogP contribution is -2.45. The molecule has 0 amide bonds. The van der Waals surface area contributed by atoms with E-state index in [0.29, 0.717) is 38.5 Å². The molecule has 2 heterocycles. The minimum atomic E-state index is -0.753. The number of para-hydroxylation sites is 2. The van der Waals surface area contributed by atoms with Crippen LogP contribution in [0.5, 0.6) is 0 Å². The molecule has 0 saturated heterocycles. The van der Waals surface area contributed by atoms with E-state index in [9.17, 15) is 10.2 Å². The predicted molar refractivity (Wildman–Crippen MR) is 112 cm³/mol. The van der Waals surface area contributed by atoms with Crippen molar-refractivity contribution in [3.05, 3.63) is 72.1 Å². The molecule has 0 radical (unpaired) electrons. The van der Waals surface area contributed by atoms with E-state index in [1.807, 2.05) is 36.7 Å². The van der Waals surface area contributed by atoms with E-state index in [2.05, 4.69) is 34.2 Å². The van der Waals surface area contributed by atoms with Crippen molar-refractivity contribution in [3.8, 4) is 0 Å². The number of H-pyrrole nitrogens is 2. The first-order valence-electron chi connectivity index (χ1n) is 10.1. The second-order valence-electron chi connectivity index (χ2n) is 8.52. The highest BCUT2D eigenvalue weighted by atomic mass is 16.3. The van der Waals surface area contributed by atoms with Gasteiger partial charge in [0.15, 0.2) is 0 Å². The average Bonchev–Trinajstić information content (AvgIpc) is 3.30. The average molecular weight is 374 g/mol. The van der Waals surface area contributed by atoms with E-state index in [1.165, 1.54) is 10.8 Å². The number of benzene rings is 2. The van der Waals surface area contributed by atoms with Crippen LogP contribution in [0.25, 0.3) is 21.8 Å². The van der Waals surface area contributed by atoms with Gasteiger partial charge in [0.05, 0.1) is 11.2 Å². The molecule has 4 heteroatoms. The molecule has 4 aromatic rings. The Morgan fingerprint density at radius 3 is 1.46 bits per heavy atom. The number of hydrogen-bond acceptors (Lipinski definition) is 2. The van der Waals surface area contributed by atoms with E-state index in [4.69, 9.17) is 0 Å². The lowest BCUT2D eigenvalue weighted by atomic mass is 9.71. The van der Waals surface area contributed by atoms with Crippen LogP contribution in [-0.4, -0.2) is 31.4 Å². The highest BCUT2D eigenvalue weighted by Gasteiger charge is 2.41. The fourth-order valence-corrected chi connectivity index (χ4v) is 4.80. The van der Waals surface area contributed by atoms with Crippen molar-refractivity contribution in [2.75, 3.05) is 0 Å². The minimum Gasteiger partial charge on any atom is -0.390 e. The van der Waals surface area contributed by atoms with Crippen LogP contribution < -0.4 is 0 Å². The van der Waals surface area contributed by atoms with Gasteiger partial charge in [-0.05, 0) is 48.9 Å². The second kappa shape index (κ2) is 6.50. The van der Waals surface area contributed by atoms with Crippen molar-refractivity contribution in [2.24, 2.45) is 0 Å². The molecule has 0 atom stereocenters. The van der Waals surface area contributed by atoms with Crippen molar-refractivity contribution in [1.82, 2.24) is 9.97 Å². The summed E-state index contributed by atoms with van der Waals surface area (Å²) >= 11 is 0. The van der Waals surface area contributed by atoms with Crippen molar-refractivity contribution < 1.29 is 10.2 Å². The summed E-state index contributed by atoms with van der Waals surface area (Å²) < 4.78 is 0. The highest BCUT2D eigenvalue weighted by molar-refractivity contribution is 5.83. The van der Waals surface area contributed by atoms with Crippen LogP contribution in [-0.2, 0) is 12.8 Å². The smallest absolute Gasteiger partial charge is 0.0690 e. The van der Waals surface area contributed by atoms with E-state index < -0.39 is 11.2 Å². The van der Waals surface area contributed by atoms with Gasteiger partial charge in [-0.3, -0.25) is 0 Å². The molecule has 1 saturated carbocycles.